The van der Waals surface area contributed by atoms with Crippen LogP contribution in [-0.4, -0.2) is 11.7 Å². The monoisotopic (exact) mass is 247 g/mol. The smallest absolute Gasteiger partial charge is 0.0912 e. The third-order valence-corrected chi connectivity index (χ3v) is 2.91. The van der Waals surface area contributed by atoms with E-state index < -0.39 is 6.10 Å². The minimum atomic E-state index is -0.594. The van der Waals surface area contributed by atoms with Crippen LogP contribution in [0.3, 0.4) is 0 Å². The Morgan fingerprint density at radius 1 is 1.06 bits per heavy atom. The lowest BCUT2D eigenvalue weighted by atomic mass is 10.0. The van der Waals surface area contributed by atoms with Crippen molar-refractivity contribution >= 4 is 11.6 Å². The number of aliphatic hydroxyl groups is 1. The van der Waals surface area contributed by atoms with Crippen molar-refractivity contribution in [2.75, 3.05) is 6.54 Å². The zero-order chi connectivity index (χ0) is 12.3. The average molecular weight is 248 g/mol. The fourth-order valence-corrected chi connectivity index (χ4v) is 1.89. The number of rotatable bonds is 3. The Bertz CT molecular complexity index is 496. The maximum atomic E-state index is 9.59. The number of hydrogen-bond acceptors (Lipinski definition) is 2. The van der Waals surface area contributed by atoms with Crippen LogP contribution in [0, 0.1) is 0 Å². The Morgan fingerprint density at radius 3 is 2.35 bits per heavy atom. The normalized spacial score (nSPS) is 12.4. The molecule has 2 rings (SSSR count). The number of benzene rings is 2. The molecule has 0 fully saturated rings. The van der Waals surface area contributed by atoms with Crippen LogP contribution in [0.5, 0.6) is 0 Å². The first-order valence-electron chi connectivity index (χ1n) is 5.45. The molecule has 0 saturated carbocycles. The molecule has 3 heteroatoms. The zero-order valence-electron chi connectivity index (χ0n) is 9.31. The van der Waals surface area contributed by atoms with Crippen LogP contribution in [0.1, 0.15) is 11.7 Å². The Morgan fingerprint density at radius 2 is 1.76 bits per heavy atom. The molecule has 1 unspecified atom stereocenters. The van der Waals surface area contributed by atoms with Gasteiger partial charge in [0.1, 0.15) is 0 Å². The van der Waals surface area contributed by atoms with Crippen LogP contribution in [0.15, 0.2) is 48.5 Å². The van der Waals surface area contributed by atoms with E-state index in [-0.39, 0.29) is 6.54 Å². The van der Waals surface area contributed by atoms with Gasteiger partial charge >= 0.3 is 0 Å². The SMILES string of the molecule is NCC(O)c1ccc(-c2cccc(Cl)c2)cc1. The Balaban J connectivity index is 2.29. The van der Waals surface area contributed by atoms with E-state index in [2.05, 4.69) is 0 Å². The molecular formula is C14H14ClNO. The molecule has 0 bridgehead atoms. The molecule has 0 heterocycles. The molecule has 1 atom stereocenters. The number of hydrogen-bond donors (Lipinski definition) is 2. The molecule has 17 heavy (non-hydrogen) atoms. The minimum absolute atomic E-state index is 0.233. The van der Waals surface area contributed by atoms with Gasteiger partial charge in [-0.25, -0.2) is 0 Å². The van der Waals surface area contributed by atoms with Crippen molar-refractivity contribution in [2.24, 2.45) is 5.73 Å². The van der Waals surface area contributed by atoms with Gasteiger partial charge in [0.2, 0.25) is 0 Å². The van der Waals surface area contributed by atoms with Gasteiger partial charge in [-0.05, 0) is 28.8 Å². The topological polar surface area (TPSA) is 46.2 Å². The molecule has 88 valence electrons. The van der Waals surface area contributed by atoms with E-state index in [4.69, 9.17) is 17.3 Å². The van der Waals surface area contributed by atoms with Gasteiger partial charge in [0, 0.05) is 11.6 Å². The Kier molecular flexibility index (Phi) is 3.79. The molecule has 3 N–H and O–H groups in total. The second kappa shape index (κ2) is 5.32. The van der Waals surface area contributed by atoms with E-state index in [9.17, 15) is 5.11 Å². The van der Waals surface area contributed by atoms with Crippen LogP contribution < -0.4 is 5.73 Å². The minimum Gasteiger partial charge on any atom is -0.387 e. The quantitative estimate of drug-likeness (QED) is 0.876. The summed E-state index contributed by atoms with van der Waals surface area (Å²) in [6.45, 7) is 0.233. The van der Waals surface area contributed by atoms with Crippen molar-refractivity contribution in [1.82, 2.24) is 0 Å². The lowest BCUT2D eigenvalue weighted by Crippen LogP contribution is -2.11. The lowest BCUT2D eigenvalue weighted by molar-refractivity contribution is 0.187. The molecule has 0 spiro atoms. The summed E-state index contributed by atoms with van der Waals surface area (Å²) in [6.07, 6.45) is -0.594. The third-order valence-electron chi connectivity index (χ3n) is 2.68. The summed E-state index contributed by atoms with van der Waals surface area (Å²) in [5.74, 6) is 0. The first kappa shape index (κ1) is 12.1. The van der Waals surface area contributed by atoms with Crippen LogP contribution in [0.25, 0.3) is 11.1 Å². The fourth-order valence-electron chi connectivity index (χ4n) is 1.70. The van der Waals surface area contributed by atoms with Crippen molar-refractivity contribution < 1.29 is 5.11 Å². The van der Waals surface area contributed by atoms with E-state index in [1.165, 1.54) is 0 Å². The van der Waals surface area contributed by atoms with Crippen molar-refractivity contribution in [3.63, 3.8) is 0 Å². The van der Waals surface area contributed by atoms with Gasteiger partial charge in [0.25, 0.3) is 0 Å². The standard InChI is InChI=1S/C14H14ClNO/c15-13-3-1-2-12(8-13)10-4-6-11(7-5-10)14(17)9-16/h1-8,14,17H,9,16H2. The second-order valence-electron chi connectivity index (χ2n) is 3.88. The van der Waals surface area contributed by atoms with Gasteiger partial charge in [-0.15, -0.1) is 0 Å². The molecule has 0 aromatic heterocycles. The Labute approximate surface area is 106 Å². The predicted octanol–water partition coefficient (Wildman–Crippen LogP) is 3.00. The summed E-state index contributed by atoms with van der Waals surface area (Å²) in [5.41, 5.74) is 8.37. The molecule has 0 aliphatic heterocycles. The van der Waals surface area contributed by atoms with Crippen LogP contribution >= 0.6 is 11.6 Å². The summed E-state index contributed by atoms with van der Waals surface area (Å²) in [4.78, 5) is 0. The van der Waals surface area contributed by atoms with Crippen LogP contribution in [0.2, 0.25) is 5.02 Å². The van der Waals surface area contributed by atoms with Crippen LogP contribution in [0.4, 0.5) is 0 Å². The number of nitrogens with two attached hydrogens (primary N) is 1. The molecule has 0 amide bonds. The predicted molar refractivity (Wildman–Crippen MR) is 70.9 cm³/mol. The highest BCUT2D eigenvalue weighted by molar-refractivity contribution is 6.30. The van der Waals surface area contributed by atoms with Gasteiger partial charge in [-0.1, -0.05) is 48.0 Å². The van der Waals surface area contributed by atoms with Gasteiger partial charge in [-0.2, -0.15) is 0 Å². The Hall–Kier alpha value is -1.35. The second-order valence-corrected chi connectivity index (χ2v) is 4.32. The maximum Gasteiger partial charge on any atom is 0.0912 e. The van der Waals surface area contributed by atoms with Crippen molar-refractivity contribution in [3.05, 3.63) is 59.1 Å². The lowest BCUT2D eigenvalue weighted by Gasteiger charge is -2.09. The largest absolute Gasteiger partial charge is 0.387 e. The van der Waals surface area contributed by atoms with E-state index in [0.717, 1.165) is 16.7 Å². The van der Waals surface area contributed by atoms with Gasteiger partial charge in [0.15, 0.2) is 0 Å². The summed E-state index contributed by atoms with van der Waals surface area (Å²) in [7, 11) is 0. The van der Waals surface area contributed by atoms with Crippen molar-refractivity contribution in [2.45, 2.75) is 6.10 Å². The first-order valence-corrected chi connectivity index (χ1v) is 5.82. The van der Waals surface area contributed by atoms with Crippen LogP contribution in [-0.2, 0) is 0 Å². The molecule has 0 aliphatic rings. The highest BCUT2D eigenvalue weighted by atomic mass is 35.5. The first-order chi connectivity index (χ1) is 8.20. The summed E-state index contributed by atoms with van der Waals surface area (Å²) >= 11 is 5.94. The van der Waals surface area contributed by atoms with Gasteiger partial charge < -0.3 is 10.8 Å². The van der Waals surface area contributed by atoms with Crippen molar-refractivity contribution in [3.8, 4) is 11.1 Å². The summed E-state index contributed by atoms with van der Waals surface area (Å²) in [5, 5.41) is 10.3. The summed E-state index contributed by atoms with van der Waals surface area (Å²) in [6, 6.07) is 15.4. The molecule has 0 radical (unpaired) electrons. The van der Waals surface area contributed by atoms with E-state index in [1.807, 2.05) is 48.5 Å². The number of aliphatic hydroxyl groups excluding tert-OH is 1. The van der Waals surface area contributed by atoms with Crippen molar-refractivity contribution in [1.29, 1.82) is 0 Å². The third kappa shape index (κ3) is 2.86. The van der Waals surface area contributed by atoms with E-state index in [1.54, 1.807) is 0 Å². The van der Waals surface area contributed by atoms with Gasteiger partial charge in [0.05, 0.1) is 6.10 Å². The van der Waals surface area contributed by atoms with Gasteiger partial charge in [-0.3, -0.25) is 0 Å². The average Bonchev–Trinajstić information content (AvgIpc) is 2.38. The number of halogens is 1. The fraction of sp³-hybridized carbons (Fsp3) is 0.143. The maximum absolute atomic E-state index is 9.59. The molecule has 2 aromatic rings. The highest BCUT2D eigenvalue weighted by Crippen LogP contribution is 2.24. The molecule has 0 saturated heterocycles. The highest BCUT2D eigenvalue weighted by Gasteiger charge is 2.05. The van der Waals surface area contributed by atoms with E-state index >= 15 is 0 Å². The molecular weight excluding hydrogens is 234 g/mol. The molecule has 0 aliphatic carbocycles. The summed E-state index contributed by atoms with van der Waals surface area (Å²) < 4.78 is 0. The van der Waals surface area contributed by atoms with E-state index in [0.29, 0.717) is 5.02 Å². The molecule has 2 aromatic carbocycles. The molecule has 2 nitrogen and oxygen atoms in total. The zero-order valence-corrected chi connectivity index (χ0v) is 10.1.